The molecule has 6 heterocycles. The number of carbonyl (C=O) groups excluding carboxylic acids is 5. The molecule has 0 aliphatic carbocycles. The summed E-state index contributed by atoms with van der Waals surface area (Å²) in [6, 6.07) is 13.3. The quantitative estimate of drug-likeness (QED) is 0.131. The fraction of sp³-hybridized carbons (Fsp3) is 0.544. The van der Waals surface area contributed by atoms with Crippen molar-refractivity contribution in [2.45, 2.75) is 129 Å². The molecule has 2 N–H and O–H groups in total. The van der Waals surface area contributed by atoms with Crippen molar-refractivity contribution in [3.63, 3.8) is 0 Å². The van der Waals surface area contributed by atoms with Crippen LogP contribution in [0.3, 0.4) is 0 Å². The molecule has 5 atom stereocenters. The Kier molecular flexibility index (Phi) is 15.7. The molecule has 4 amide bonds. The zero-order valence-electron chi connectivity index (χ0n) is 44.8. The number of hydrazine groups is 1. The van der Waals surface area contributed by atoms with Gasteiger partial charge in [-0.05, 0) is 125 Å². The van der Waals surface area contributed by atoms with Crippen LogP contribution in [-0.4, -0.2) is 143 Å². The van der Waals surface area contributed by atoms with E-state index >= 15 is 0 Å². The Bertz CT molecular complexity index is 2920. The van der Waals surface area contributed by atoms with E-state index in [0.717, 1.165) is 5.56 Å². The number of fused-ring (bicyclic) bond motifs is 6. The van der Waals surface area contributed by atoms with Gasteiger partial charge in [0.1, 0.15) is 24.7 Å². The van der Waals surface area contributed by atoms with Gasteiger partial charge in [0.15, 0.2) is 0 Å². The molecular weight excluding hydrogens is 966 g/mol. The second-order valence-corrected chi connectivity index (χ2v) is 22.7. The number of methoxy groups -OCH3 is 1. The fourth-order valence-corrected chi connectivity index (χ4v) is 11.0. The topological polar surface area (TPSA) is 159 Å². The Labute approximate surface area is 437 Å². The maximum atomic E-state index is 14.9. The van der Waals surface area contributed by atoms with E-state index in [2.05, 4.69) is 27.6 Å². The highest BCUT2D eigenvalue weighted by Gasteiger charge is 2.54. The fourth-order valence-electron chi connectivity index (χ4n) is 11.0. The Morgan fingerprint density at radius 2 is 1.73 bits per heavy atom. The first-order chi connectivity index (χ1) is 35.3. The molecule has 15 nitrogen and oxygen atoms in total. The summed E-state index contributed by atoms with van der Waals surface area (Å²) >= 11 is 0. The Hall–Kier alpha value is -6.29. The smallest absolute Gasteiger partial charge is 0.406 e. The van der Waals surface area contributed by atoms with Gasteiger partial charge < -0.3 is 29.2 Å². The van der Waals surface area contributed by atoms with Crippen LogP contribution in [0.2, 0.25) is 0 Å². The van der Waals surface area contributed by atoms with Crippen molar-refractivity contribution in [1.82, 2.24) is 40.0 Å². The van der Waals surface area contributed by atoms with E-state index in [1.54, 1.807) is 47.2 Å². The normalized spacial score (nSPS) is 22.3. The minimum Gasteiger partial charge on any atom is -0.464 e. The lowest BCUT2D eigenvalue weighted by atomic mass is 9.84. The van der Waals surface area contributed by atoms with Crippen LogP contribution < -0.4 is 10.7 Å². The standard InChI is InChI=1S/C57H71F3N8O7/c1-35(2)48(66-27-23-56(53(66)73)22-26-65(32-56)46(69)20-21-55(6,7)64(8)9)50(70)62-44-29-37-14-11-15-38(28-37)39-18-19-45-41(30-39)42(31-54(4,5)34-75-52(72)43-17-13-25-68(63-43)51(44)71)49(67(45)33-57(58,59)60)40-16-12-24-61-47(40)36(3)74-10/h11-12,14-16,18-19,24,28,30,35-36,43-44,48,63H,13,17,22-23,25-27,29,31-34H2,1-10H3,(H,62,70)/t36-,43-,44-,48-,56-/m0/s1. The summed E-state index contributed by atoms with van der Waals surface area (Å²) in [5.74, 6) is 3.30. The number of amides is 4. The number of pyridine rings is 1. The molecule has 2 aromatic heterocycles. The summed E-state index contributed by atoms with van der Waals surface area (Å²) in [7, 11) is 5.30. The van der Waals surface area contributed by atoms with Crippen LogP contribution in [0.25, 0.3) is 33.3 Å². The summed E-state index contributed by atoms with van der Waals surface area (Å²) < 4.78 is 57.3. The highest BCUT2D eigenvalue weighted by atomic mass is 19.4. The predicted molar refractivity (Wildman–Crippen MR) is 278 cm³/mol. The number of likely N-dealkylation sites (tertiary alicyclic amines) is 2. The van der Waals surface area contributed by atoms with Crippen molar-refractivity contribution < 1.29 is 46.6 Å². The van der Waals surface area contributed by atoms with Gasteiger partial charge in [-0.25, -0.2) is 5.43 Å². The highest BCUT2D eigenvalue weighted by molar-refractivity contribution is 5.98. The van der Waals surface area contributed by atoms with E-state index in [4.69, 9.17) is 9.47 Å². The number of carbonyl (C=O) groups is 5. The number of hydrogen-bond acceptors (Lipinski definition) is 10. The number of alkyl halides is 3. The summed E-state index contributed by atoms with van der Waals surface area (Å²) in [6.07, 6.45) is -1.63. The lowest BCUT2D eigenvalue weighted by Gasteiger charge is -2.37. The Morgan fingerprint density at radius 1 is 1.00 bits per heavy atom. The van der Waals surface area contributed by atoms with Crippen LogP contribution in [0.15, 0.2) is 60.8 Å². The number of esters is 1. The Morgan fingerprint density at radius 3 is 2.44 bits per heavy atom. The molecule has 2 aromatic carbocycles. The van der Waals surface area contributed by atoms with Gasteiger partial charge in [0.2, 0.25) is 11.8 Å². The molecule has 75 heavy (non-hydrogen) atoms. The zero-order chi connectivity index (χ0) is 54.4. The van der Waals surface area contributed by atoms with Crippen LogP contribution in [0.4, 0.5) is 13.2 Å². The summed E-state index contributed by atoms with van der Waals surface area (Å²) in [5, 5.41) is 5.00. The molecule has 3 fully saturated rings. The number of hydrogen-bond donors (Lipinski definition) is 2. The second-order valence-electron chi connectivity index (χ2n) is 22.7. The van der Waals surface area contributed by atoms with Crippen molar-refractivity contribution in [3.8, 4) is 34.2 Å². The van der Waals surface area contributed by atoms with Crippen molar-refractivity contribution in [1.29, 1.82) is 0 Å². The molecule has 4 aromatic rings. The van der Waals surface area contributed by atoms with Crippen molar-refractivity contribution in [3.05, 3.63) is 77.6 Å². The van der Waals surface area contributed by atoms with E-state index in [1.807, 2.05) is 90.9 Å². The largest absolute Gasteiger partial charge is 0.464 e. The summed E-state index contributed by atoms with van der Waals surface area (Å²) in [4.78, 5) is 81.4. The number of rotatable bonds is 9. The number of nitrogens with one attached hydrogen (secondary N) is 2. The number of ether oxygens (including phenoxy) is 2. The van der Waals surface area contributed by atoms with Gasteiger partial charge in [0, 0.05) is 67.8 Å². The molecule has 8 rings (SSSR count). The van der Waals surface area contributed by atoms with Gasteiger partial charge in [-0.15, -0.1) is 0 Å². The van der Waals surface area contributed by atoms with E-state index in [9.17, 15) is 37.1 Å². The lowest BCUT2D eigenvalue weighted by molar-refractivity contribution is -0.155. The number of benzene rings is 2. The zero-order valence-corrected chi connectivity index (χ0v) is 44.8. The first-order valence-corrected chi connectivity index (χ1v) is 26.0. The van der Waals surface area contributed by atoms with Gasteiger partial charge in [-0.2, -0.15) is 13.2 Å². The van der Waals surface area contributed by atoms with E-state index in [0.29, 0.717) is 76.8 Å². The minimum atomic E-state index is -4.60. The molecule has 3 saturated heterocycles. The molecule has 402 valence electrons. The van der Waals surface area contributed by atoms with Gasteiger partial charge in [0.25, 0.3) is 11.8 Å². The summed E-state index contributed by atoms with van der Waals surface area (Å²) in [6.45, 7) is 12.8. The summed E-state index contributed by atoms with van der Waals surface area (Å²) in [5.41, 5.74) is 5.27. The number of aromatic nitrogens is 2. The molecule has 1 spiro atoms. The van der Waals surface area contributed by atoms with Crippen molar-refractivity contribution in [2.75, 3.05) is 54.0 Å². The lowest BCUT2D eigenvalue weighted by Crippen LogP contribution is -2.62. The van der Waals surface area contributed by atoms with E-state index < -0.39 is 71.1 Å². The van der Waals surface area contributed by atoms with Gasteiger partial charge in [-0.3, -0.25) is 38.9 Å². The molecule has 0 unspecified atom stereocenters. The van der Waals surface area contributed by atoms with E-state index in [1.165, 1.54) is 16.7 Å². The third kappa shape index (κ3) is 11.6. The maximum Gasteiger partial charge on any atom is 0.406 e. The molecule has 6 bridgehead atoms. The average Bonchev–Trinajstić information content (AvgIpc) is 4.03. The highest BCUT2D eigenvalue weighted by Crippen LogP contribution is 2.44. The number of cyclic esters (lactones) is 1. The third-order valence-electron chi connectivity index (χ3n) is 15.7. The van der Waals surface area contributed by atoms with Crippen molar-refractivity contribution in [2.24, 2.45) is 16.7 Å². The second kappa shape index (κ2) is 21.4. The van der Waals surface area contributed by atoms with E-state index in [-0.39, 0.29) is 56.8 Å². The molecule has 0 radical (unpaired) electrons. The van der Waals surface area contributed by atoms with Crippen LogP contribution in [0, 0.1) is 28.6 Å². The van der Waals surface area contributed by atoms with Crippen LogP contribution in [0.5, 0.6) is 0 Å². The van der Waals surface area contributed by atoms with Crippen LogP contribution >= 0.6 is 0 Å². The maximum absolute atomic E-state index is 14.9. The van der Waals surface area contributed by atoms with Gasteiger partial charge >= 0.3 is 12.1 Å². The molecule has 4 aliphatic heterocycles. The van der Waals surface area contributed by atoms with Gasteiger partial charge in [0.05, 0.1) is 35.1 Å². The SMILES string of the molecule is CO[C@@H](C)c1ncccc1-c1c2c3cc(ccc3n1CC(F)(F)F)-c1cccc(c1)C[C@H](NC(=O)[C@H](C(C)C)N1CC[C@]3(CCN(C(=O)C#CC(C)(C)N(C)C)C3)C1=O)C(=O)N1CCC[C@H](N1)C(=O)OCC(C)(C)C2. The Balaban J connectivity index is 1.16. The minimum absolute atomic E-state index is 0.0202. The van der Waals surface area contributed by atoms with Gasteiger partial charge in [-0.1, -0.05) is 63.9 Å². The van der Waals surface area contributed by atoms with Crippen LogP contribution in [-0.2, 0) is 52.8 Å². The van der Waals surface area contributed by atoms with Crippen LogP contribution in [0.1, 0.15) is 97.1 Å². The monoisotopic (exact) mass is 1040 g/mol. The number of nitrogens with zero attached hydrogens (tertiary/aromatic N) is 6. The molecule has 0 saturated carbocycles. The van der Waals surface area contributed by atoms with Crippen molar-refractivity contribution >= 4 is 40.5 Å². The predicted octanol–water partition coefficient (Wildman–Crippen LogP) is 7.11. The first-order valence-electron chi connectivity index (χ1n) is 26.0. The molecule has 18 heteroatoms. The number of halogens is 3. The molecular formula is C57H71F3N8O7. The third-order valence-corrected chi connectivity index (χ3v) is 15.7. The first kappa shape index (κ1) is 55.0. The average molecular weight is 1040 g/mol. The molecule has 4 aliphatic rings.